The number of benzene rings is 2. The summed E-state index contributed by atoms with van der Waals surface area (Å²) in [7, 11) is 0. The van der Waals surface area contributed by atoms with Crippen LogP contribution in [-0.4, -0.2) is 37.1 Å². The minimum atomic E-state index is -4.41. The minimum absolute atomic E-state index is 0.0101. The number of anilines is 2. The van der Waals surface area contributed by atoms with Crippen LogP contribution in [0.15, 0.2) is 42.5 Å². The van der Waals surface area contributed by atoms with Crippen molar-refractivity contribution < 1.29 is 22.4 Å². The van der Waals surface area contributed by atoms with Gasteiger partial charge in [-0.25, -0.2) is 9.18 Å². The average molecular weight is 392 g/mol. The molecule has 0 aromatic heterocycles. The Kier molecular flexibility index (Phi) is 5.40. The molecular formula is C19H16F4N4O. The van der Waals surface area contributed by atoms with Crippen molar-refractivity contribution in [2.45, 2.75) is 6.18 Å². The lowest BCUT2D eigenvalue weighted by Crippen LogP contribution is -2.50. The number of nitrogens with zero attached hydrogens (tertiary/aromatic N) is 3. The summed E-state index contributed by atoms with van der Waals surface area (Å²) in [4.78, 5) is 15.7. The lowest BCUT2D eigenvalue weighted by atomic mass is 10.1. The van der Waals surface area contributed by atoms with E-state index in [9.17, 15) is 22.4 Å². The zero-order valence-corrected chi connectivity index (χ0v) is 14.6. The largest absolute Gasteiger partial charge is 0.416 e. The standard InChI is InChI=1S/C19H16F4N4O/c20-15-4-5-17(13(10-15)12-24)25-18(28)27-8-6-26(7-9-27)16-3-1-2-14(11-16)19(21,22)23/h1-5,10-11H,6-9H2,(H,25,28). The molecule has 0 bridgehead atoms. The summed E-state index contributed by atoms with van der Waals surface area (Å²) in [5.74, 6) is -0.579. The van der Waals surface area contributed by atoms with Gasteiger partial charge >= 0.3 is 12.2 Å². The summed E-state index contributed by atoms with van der Waals surface area (Å²) in [6.45, 7) is 1.32. The number of amides is 2. The molecule has 3 rings (SSSR count). The second kappa shape index (κ2) is 7.76. The molecule has 2 amide bonds. The zero-order chi connectivity index (χ0) is 20.3. The minimum Gasteiger partial charge on any atom is -0.368 e. The monoisotopic (exact) mass is 392 g/mol. The van der Waals surface area contributed by atoms with Crippen molar-refractivity contribution in [2.24, 2.45) is 0 Å². The van der Waals surface area contributed by atoms with Crippen molar-refractivity contribution in [3.63, 3.8) is 0 Å². The molecule has 0 spiro atoms. The third-order valence-corrected chi connectivity index (χ3v) is 4.45. The Hall–Kier alpha value is -3.28. The number of hydrogen-bond donors (Lipinski definition) is 1. The number of halogens is 4. The van der Waals surface area contributed by atoms with Gasteiger partial charge in [0.2, 0.25) is 0 Å². The van der Waals surface area contributed by atoms with Gasteiger partial charge in [-0.3, -0.25) is 0 Å². The first-order valence-electron chi connectivity index (χ1n) is 8.46. The molecule has 0 saturated carbocycles. The molecule has 0 atom stereocenters. The summed E-state index contributed by atoms with van der Waals surface area (Å²) in [6.07, 6.45) is -4.41. The van der Waals surface area contributed by atoms with E-state index < -0.39 is 23.6 Å². The topological polar surface area (TPSA) is 59.4 Å². The molecule has 1 saturated heterocycles. The number of piperazine rings is 1. The van der Waals surface area contributed by atoms with Crippen molar-refractivity contribution in [1.29, 1.82) is 5.26 Å². The summed E-state index contributed by atoms with van der Waals surface area (Å²) in [6, 6.07) is 9.91. The van der Waals surface area contributed by atoms with Crippen LogP contribution in [0.2, 0.25) is 0 Å². The molecule has 0 aliphatic carbocycles. The fraction of sp³-hybridized carbons (Fsp3) is 0.263. The van der Waals surface area contributed by atoms with Crippen LogP contribution in [-0.2, 0) is 6.18 Å². The van der Waals surface area contributed by atoms with E-state index in [-0.39, 0.29) is 11.3 Å². The highest BCUT2D eigenvalue weighted by atomic mass is 19.4. The molecule has 0 unspecified atom stereocenters. The molecule has 9 heteroatoms. The first-order chi connectivity index (χ1) is 13.3. The quantitative estimate of drug-likeness (QED) is 0.784. The average Bonchev–Trinajstić information content (AvgIpc) is 2.69. The van der Waals surface area contributed by atoms with Crippen molar-refractivity contribution in [2.75, 3.05) is 36.4 Å². The Bertz CT molecular complexity index is 915. The van der Waals surface area contributed by atoms with Crippen molar-refractivity contribution in [3.8, 4) is 6.07 Å². The zero-order valence-electron chi connectivity index (χ0n) is 14.6. The normalized spacial score (nSPS) is 14.5. The Labute approximate surface area is 158 Å². The van der Waals surface area contributed by atoms with E-state index in [4.69, 9.17) is 5.26 Å². The van der Waals surface area contributed by atoms with Gasteiger partial charge < -0.3 is 15.1 Å². The number of nitriles is 1. The molecule has 1 heterocycles. The van der Waals surface area contributed by atoms with Gasteiger partial charge in [0.1, 0.15) is 11.9 Å². The highest BCUT2D eigenvalue weighted by Gasteiger charge is 2.31. The number of nitrogens with one attached hydrogen (secondary N) is 1. The SMILES string of the molecule is N#Cc1cc(F)ccc1NC(=O)N1CCN(c2cccc(C(F)(F)F)c2)CC1. The number of hydrogen-bond acceptors (Lipinski definition) is 3. The van der Waals surface area contributed by atoms with Crippen LogP contribution in [0, 0.1) is 17.1 Å². The van der Waals surface area contributed by atoms with E-state index in [0.717, 1.165) is 24.3 Å². The van der Waals surface area contributed by atoms with E-state index in [1.54, 1.807) is 11.0 Å². The lowest BCUT2D eigenvalue weighted by Gasteiger charge is -2.36. The van der Waals surface area contributed by atoms with Crippen LogP contribution in [0.5, 0.6) is 0 Å². The number of urea groups is 1. The van der Waals surface area contributed by atoms with E-state index in [0.29, 0.717) is 31.9 Å². The maximum Gasteiger partial charge on any atom is 0.416 e. The molecule has 1 aliphatic rings. The molecule has 146 valence electrons. The highest BCUT2D eigenvalue weighted by molar-refractivity contribution is 5.91. The molecule has 0 radical (unpaired) electrons. The maximum atomic E-state index is 13.2. The number of carbonyl (C=O) groups is 1. The Morgan fingerprint density at radius 2 is 1.79 bits per heavy atom. The van der Waals surface area contributed by atoms with Crippen LogP contribution in [0.25, 0.3) is 0 Å². The van der Waals surface area contributed by atoms with Crippen LogP contribution in [0.4, 0.5) is 33.7 Å². The summed E-state index contributed by atoms with van der Waals surface area (Å²) >= 11 is 0. The lowest BCUT2D eigenvalue weighted by molar-refractivity contribution is -0.137. The molecule has 28 heavy (non-hydrogen) atoms. The molecule has 2 aromatic rings. The smallest absolute Gasteiger partial charge is 0.368 e. The van der Waals surface area contributed by atoms with Gasteiger partial charge in [-0.15, -0.1) is 0 Å². The fourth-order valence-corrected chi connectivity index (χ4v) is 2.96. The maximum absolute atomic E-state index is 13.2. The Morgan fingerprint density at radius 3 is 2.43 bits per heavy atom. The van der Waals surface area contributed by atoms with E-state index >= 15 is 0 Å². The van der Waals surface area contributed by atoms with Gasteiger partial charge in [0, 0.05) is 31.9 Å². The molecule has 1 N–H and O–H groups in total. The summed E-state index contributed by atoms with van der Waals surface area (Å²) in [5.41, 5.74) is -0.0594. The van der Waals surface area contributed by atoms with Crippen molar-refractivity contribution >= 4 is 17.4 Å². The van der Waals surface area contributed by atoms with Crippen LogP contribution in [0.3, 0.4) is 0 Å². The van der Waals surface area contributed by atoms with Gasteiger partial charge in [-0.2, -0.15) is 18.4 Å². The predicted molar refractivity (Wildman–Crippen MR) is 95.4 cm³/mol. The molecule has 5 nitrogen and oxygen atoms in total. The summed E-state index contributed by atoms with van der Waals surface area (Å²) in [5, 5.41) is 11.6. The fourth-order valence-electron chi connectivity index (χ4n) is 2.96. The first-order valence-corrected chi connectivity index (χ1v) is 8.46. The van der Waals surface area contributed by atoms with Crippen LogP contribution in [0.1, 0.15) is 11.1 Å². The molecular weight excluding hydrogens is 376 g/mol. The number of rotatable bonds is 2. The highest BCUT2D eigenvalue weighted by Crippen LogP contribution is 2.32. The van der Waals surface area contributed by atoms with Crippen molar-refractivity contribution in [1.82, 2.24) is 4.90 Å². The van der Waals surface area contributed by atoms with Crippen LogP contribution >= 0.6 is 0 Å². The Morgan fingerprint density at radius 1 is 1.07 bits per heavy atom. The van der Waals surface area contributed by atoms with Gasteiger partial charge in [0.05, 0.1) is 16.8 Å². The van der Waals surface area contributed by atoms with Gasteiger partial charge in [-0.05, 0) is 36.4 Å². The first kappa shape index (κ1) is 19.5. The van der Waals surface area contributed by atoms with E-state index in [1.807, 2.05) is 6.07 Å². The molecule has 2 aromatic carbocycles. The third-order valence-electron chi connectivity index (χ3n) is 4.45. The number of carbonyl (C=O) groups excluding carboxylic acids is 1. The second-order valence-electron chi connectivity index (χ2n) is 6.25. The van der Waals surface area contributed by atoms with E-state index in [2.05, 4.69) is 5.32 Å². The molecule has 1 fully saturated rings. The van der Waals surface area contributed by atoms with Crippen LogP contribution < -0.4 is 10.2 Å². The summed E-state index contributed by atoms with van der Waals surface area (Å²) < 4.78 is 51.8. The van der Waals surface area contributed by atoms with E-state index in [1.165, 1.54) is 17.0 Å². The Balaban J connectivity index is 1.63. The number of alkyl halides is 3. The third kappa shape index (κ3) is 4.34. The van der Waals surface area contributed by atoms with Gasteiger partial charge in [0.25, 0.3) is 0 Å². The predicted octanol–water partition coefficient (Wildman–Crippen LogP) is 4.07. The van der Waals surface area contributed by atoms with Gasteiger partial charge in [0.15, 0.2) is 0 Å². The van der Waals surface area contributed by atoms with Gasteiger partial charge in [-0.1, -0.05) is 6.07 Å². The van der Waals surface area contributed by atoms with Crippen molar-refractivity contribution in [3.05, 3.63) is 59.4 Å². The molecule has 1 aliphatic heterocycles. The second-order valence-corrected chi connectivity index (χ2v) is 6.25.